The smallest absolute Gasteiger partial charge is 0.408 e. The molecule has 0 spiro atoms. The van der Waals surface area contributed by atoms with Crippen LogP contribution in [0.15, 0.2) is 30.3 Å². The van der Waals surface area contributed by atoms with Crippen LogP contribution in [0.5, 0.6) is 0 Å². The Hall–Kier alpha value is -2.20. The van der Waals surface area contributed by atoms with E-state index in [4.69, 9.17) is 4.74 Å². The van der Waals surface area contributed by atoms with Gasteiger partial charge >= 0.3 is 6.09 Å². The summed E-state index contributed by atoms with van der Waals surface area (Å²) < 4.78 is 5.27. The number of amides is 2. The van der Waals surface area contributed by atoms with Gasteiger partial charge in [0.1, 0.15) is 23.4 Å². The van der Waals surface area contributed by atoms with Gasteiger partial charge < -0.3 is 15.4 Å². The molecule has 7 heteroatoms. The molecular formula is C20H30N3O3S+. The van der Waals surface area contributed by atoms with Crippen LogP contribution in [0.3, 0.4) is 0 Å². The maximum Gasteiger partial charge on any atom is 0.408 e. The number of alkyl carbamates (subject to hydrolysis) is 1. The normalized spacial score (nSPS) is 13.4. The van der Waals surface area contributed by atoms with Gasteiger partial charge in [-0.1, -0.05) is 30.3 Å². The molecule has 0 aliphatic carbocycles. The summed E-state index contributed by atoms with van der Waals surface area (Å²) in [6.45, 7) is 5.28. The molecule has 0 radical (unpaired) electrons. The van der Waals surface area contributed by atoms with E-state index in [2.05, 4.69) is 29.2 Å². The third-order valence-corrected chi connectivity index (χ3v) is 4.63. The Morgan fingerprint density at radius 3 is 2.33 bits per heavy atom. The summed E-state index contributed by atoms with van der Waals surface area (Å²) in [5.74, 6) is 0.477. The van der Waals surface area contributed by atoms with Crippen LogP contribution in [-0.2, 0) is 26.8 Å². The Labute approximate surface area is 165 Å². The van der Waals surface area contributed by atoms with Gasteiger partial charge in [0.05, 0.1) is 18.6 Å². The molecule has 27 heavy (non-hydrogen) atoms. The summed E-state index contributed by atoms with van der Waals surface area (Å²) in [6.07, 6.45) is 4.44. The van der Waals surface area contributed by atoms with Crippen molar-refractivity contribution >= 4 is 22.9 Å². The largest absolute Gasteiger partial charge is 0.444 e. The van der Waals surface area contributed by atoms with Crippen molar-refractivity contribution in [2.75, 3.05) is 18.3 Å². The van der Waals surface area contributed by atoms with Gasteiger partial charge in [-0.25, -0.2) is 4.79 Å². The first-order valence-electron chi connectivity index (χ1n) is 8.88. The highest BCUT2D eigenvalue weighted by Gasteiger charge is 2.26. The Kier molecular flexibility index (Phi) is 9.16. The summed E-state index contributed by atoms with van der Waals surface area (Å²) >= 11 is 0. The van der Waals surface area contributed by atoms with E-state index < -0.39 is 23.8 Å². The average molecular weight is 393 g/mol. The summed E-state index contributed by atoms with van der Waals surface area (Å²) in [5, 5.41) is 14.7. The lowest BCUT2D eigenvalue weighted by Gasteiger charge is -2.24. The van der Waals surface area contributed by atoms with Gasteiger partial charge in [0.15, 0.2) is 0 Å². The molecule has 0 heterocycles. The molecule has 0 aliphatic heterocycles. The Balaban J connectivity index is 2.83. The first-order valence-corrected chi connectivity index (χ1v) is 11.1. The second kappa shape index (κ2) is 10.8. The molecule has 0 aliphatic rings. The van der Waals surface area contributed by atoms with Gasteiger partial charge in [-0.15, -0.1) is 0 Å². The summed E-state index contributed by atoms with van der Waals surface area (Å²) in [5.41, 5.74) is 0.247. The first kappa shape index (κ1) is 22.8. The molecule has 2 amide bonds. The summed E-state index contributed by atoms with van der Waals surface area (Å²) in [6, 6.07) is 10.1. The monoisotopic (exact) mass is 392 g/mol. The molecule has 1 unspecified atom stereocenters. The fourth-order valence-corrected chi connectivity index (χ4v) is 3.01. The minimum absolute atomic E-state index is 0.193. The fraction of sp³-hybridized carbons (Fsp3) is 0.550. The highest BCUT2D eigenvalue weighted by molar-refractivity contribution is 7.95. The number of hydrogen-bond acceptors (Lipinski definition) is 4. The lowest BCUT2D eigenvalue weighted by molar-refractivity contribution is -0.123. The molecule has 1 aromatic carbocycles. The first-order chi connectivity index (χ1) is 12.6. The number of nitrogens with one attached hydrogen (secondary N) is 2. The van der Waals surface area contributed by atoms with Crippen LogP contribution in [0, 0.1) is 11.3 Å². The van der Waals surface area contributed by atoms with Gasteiger partial charge in [-0.05, 0) is 37.2 Å². The number of carbonyl (C=O) groups is 2. The van der Waals surface area contributed by atoms with Crippen LogP contribution in [-0.4, -0.2) is 47.9 Å². The number of hydrogen-bond donors (Lipinski definition) is 2. The van der Waals surface area contributed by atoms with Crippen molar-refractivity contribution in [3.05, 3.63) is 35.9 Å². The van der Waals surface area contributed by atoms with Crippen LogP contribution >= 0.6 is 0 Å². The van der Waals surface area contributed by atoms with E-state index in [1.165, 1.54) is 0 Å². The van der Waals surface area contributed by atoms with Crippen molar-refractivity contribution in [1.29, 1.82) is 5.26 Å². The van der Waals surface area contributed by atoms with Crippen molar-refractivity contribution in [2.24, 2.45) is 0 Å². The van der Waals surface area contributed by atoms with Crippen molar-refractivity contribution in [2.45, 2.75) is 51.3 Å². The SMILES string of the molecule is C[S+](C)CCC(C#N)NC(=O)[C@H](Cc1ccccc1)NC(=O)OC(C)(C)C. The minimum atomic E-state index is -0.820. The highest BCUT2D eigenvalue weighted by Crippen LogP contribution is 2.09. The summed E-state index contributed by atoms with van der Waals surface area (Å²) in [7, 11) is 0.193. The topological polar surface area (TPSA) is 91.2 Å². The van der Waals surface area contributed by atoms with Gasteiger partial charge in [0.2, 0.25) is 5.91 Å². The number of rotatable bonds is 8. The fourth-order valence-electron chi connectivity index (χ4n) is 2.30. The zero-order valence-electron chi connectivity index (χ0n) is 16.7. The lowest BCUT2D eigenvalue weighted by Crippen LogP contribution is -2.51. The van der Waals surface area contributed by atoms with Gasteiger partial charge in [-0.3, -0.25) is 4.79 Å². The molecule has 0 saturated carbocycles. The lowest BCUT2D eigenvalue weighted by atomic mass is 10.0. The van der Waals surface area contributed by atoms with Crippen LogP contribution < -0.4 is 10.6 Å². The van der Waals surface area contributed by atoms with Crippen molar-refractivity contribution in [1.82, 2.24) is 10.6 Å². The van der Waals surface area contributed by atoms with Gasteiger partial charge in [0, 0.05) is 12.8 Å². The van der Waals surface area contributed by atoms with Gasteiger partial charge in [-0.2, -0.15) is 5.26 Å². The molecule has 0 saturated heterocycles. The molecule has 2 N–H and O–H groups in total. The quantitative estimate of drug-likeness (QED) is 0.665. The summed E-state index contributed by atoms with van der Waals surface area (Å²) in [4.78, 5) is 24.9. The number of ether oxygens (including phenoxy) is 1. The second-order valence-corrected chi connectivity index (χ2v) is 9.94. The Bertz CT molecular complexity index is 651. The number of nitrogens with zero attached hydrogens (tertiary/aromatic N) is 1. The van der Waals surface area contributed by atoms with E-state index in [1.54, 1.807) is 20.8 Å². The van der Waals surface area contributed by atoms with Gasteiger partial charge in [0.25, 0.3) is 0 Å². The molecule has 1 rings (SSSR count). The Morgan fingerprint density at radius 2 is 1.81 bits per heavy atom. The minimum Gasteiger partial charge on any atom is -0.444 e. The van der Waals surface area contributed by atoms with E-state index in [-0.39, 0.29) is 16.8 Å². The third kappa shape index (κ3) is 9.90. The standard InChI is InChI=1S/C20H29N3O3S/c1-20(2,3)26-19(25)23-17(13-15-9-7-6-8-10-15)18(24)22-16(14-21)11-12-27(4)5/h6-10,16-17H,11-13H2,1-5H3,(H-,22,23,24,25)/p+1/t16?,17-/m0/s1. The van der Waals surface area contributed by atoms with Crippen molar-refractivity contribution < 1.29 is 14.3 Å². The molecule has 6 nitrogen and oxygen atoms in total. The van der Waals surface area contributed by atoms with Crippen LogP contribution in [0.4, 0.5) is 4.79 Å². The van der Waals surface area contributed by atoms with Crippen molar-refractivity contribution in [3.63, 3.8) is 0 Å². The molecule has 2 atom stereocenters. The zero-order chi connectivity index (χ0) is 20.4. The maximum atomic E-state index is 12.7. The van der Waals surface area contributed by atoms with E-state index in [1.807, 2.05) is 30.3 Å². The Morgan fingerprint density at radius 1 is 1.19 bits per heavy atom. The highest BCUT2D eigenvalue weighted by atomic mass is 32.2. The van der Waals surface area contributed by atoms with E-state index >= 15 is 0 Å². The number of benzene rings is 1. The number of carbonyl (C=O) groups excluding carboxylic acids is 2. The molecule has 0 aromatic heterocycles. The van der Waals surface area contributed by atoms with E-state index in [0.29, 0.717) is 12.8 Å². The molecular weight excluding hydrogens is 362 g/mol. The zero-order valence-corrected chi connectivity index (χ0v) is 17.6. The average Bonchev–Trinajstić information content (AvgIpc) is 2.56. The molecule has 1 aromatic rings. The maximum absolute atomic E-state index is 12.7. The van der Waals surface area contributed by atoms with Crippen LogP contribution in [0.25, 0.3) is 0 Å². The molecule has 148 valence electrons. The third-order valence-electron chi connectivity index (χ3n) is 3.58. The second-order valence-electron chi connectivity index (χ2n) is 7.56. The van der Waals surface area contributed by atoms with E-state index in [9.17, 15) is 14.9 Å². The van der Waals surface area contributed by atoms with Crippen LogP contribution in [0.1, 0.15) is 32.8 Å². The van der Waals surface area contributed by atoms with Crippen molar-refractivity contribution in [3.8, 4) is 6.07 Å². The molecule has 0 fully saturated rings. The predicted octanol–water partition coefficient (Wildman–Crippen LogP) is 2.40. The molecule has 0 bridgehead atoms. The van der Waals surface area contributed by atoms with E-state index in [0.717, 1.165) is 11.3 Å². The number of nitriles is 1. The predicted molar refractivity (Wildman–Crippen MR) is 110 cm³/mol. The van der Waals surface area contributed by atoms with Crippen LogP contribution in [0.2, 0.25) is 0 Å².